The van der Waals surface area contributed by atoms with E-state index in [4.69, 9.17) is 0 Å². The number of amides is 1. The number of nitrogens with one attached hydrogen (secondary N) is 2. The number of rotatable bonds is 3. The lowest BCUT2D eigenvalue weighted by Gasteiger charge is -2.20. The largest absolute Gasteiger partial charge is 0.317 e. The minimum absolute atomic E-state index is 0. The van der Waals surface area contributed by atoms with E-state index in [0.717, 1.165) is 36.5 Å². The minimum Gasteiger partial charge on any atom is -0.317 e. The summed E-state index contributed by atoms with van der Waals surface area (Å²) in [7, 11) is 0. The van der Waals surface area contributed by atoms with Crippen LogP contribution in [0.1, 0.15) is 12.8 Å². The summed E-state index contributed by atoms with van der Waals surface area (Å²) in [5.74, 6) is 0.226. The van der Waals surface area contributed by atoms with E-state index < -0.39 is 0 Å². The molecule has 2 aromatic rings. The van der Waals surface area contributed by atoms with Crippen molar-refractivity contribution < 1.29 is 4.79 Å². The standard InChI is InChI=1S/C13H15N3OS2.ClH/c17-12(9-3-5-14-6-4-9)16-13-15-10(8-19-13)11-2-1-7-18-11;/h1-2,7-9,14H,3-6H2,(H,15,16,17);1H. The molecular weight excluding hydrogens is 314 g/mol. The maximum absolute atomic E-state index is 12.1. The number of thiazole rings is 1. The average Bonchev–Trinajstić information content (AvgIpc) is 3.10. The molecule has 3 heterocycles. The van der Waals surface area contributed by atoms with Gasteiger partial charge in [-0.05, 0) is 37.4 Å². The third-order valence-electron chi connectivity index (χ3n) is 3.22. The van der Waals surface area contributed by atoms with Crippen LogP contribution in [0.25, 0.3) is 10.6 Å². The quantitative estimate of drug-likeness (QED) is 0.909. The molecule has 0 radical (unpaired) electrons. The molecule has 0 unspecified atom stereocenters. The molecule has 1 aliphatic rings. The smallest absolute Gasteiger partial charge is 0.229 e. The number of halogens is 1. The van der Waals surface area contributed by atoms with E-state index in [0.29, 0.717) is 5.13 Å². The fraction of sp³-hybridized carbons (Fsp3) is 0.385. The average molecular weight is 330 g/mol. The van der Waals surface area contributed by atoms with Crippen molar-refractivity contribution in [3.05, 3.63) is 22.9 Å². The number of thiophene rings is 1. The molecule has 1 amide bonds. The van der Waals surface area contributed by atoms with Crippen LogP contribution in [0.3, 0.4) is 0 Å². The summed E-state index contributed by atoms with van der Waals surface area (Å²) in [6.45, 7) is 1.85. The van der Waals surface area contributed by atoms with Crippen LogP contribution in [-0.4, -0.2) is 24.0 Å². The van der Waals surface area contributed by atoms with E-state index >= 15 is 0 Å². The van der Waals surface area contributed by atoms with Crippen molar-refractivity contribution in [3.8, 4) is 10.6 Å². The highest BCUT2D eigenvalue weighted by Crippen LogP contribution is 2.28. The van der Waals surface area contributed by atoms with Gasteiger partial charge >= 0.3 is 0 Å². The molecule has 108 valence electrons. The summed E-state index contributed by atoms with van der Waals surface area (Å²) in [4.78, 5) is 17.7. The van der Waals surface area contributed by atoms with Crippen molar-refractivity contribution in [1.82, 2.24) is 10.3 Å². The van der Waals surface area contributed by atoms with Gasteiger partial charge in [-0.25, -0.2) is 4.98 Å². The van der Waals surface area contributed by atoms with Gasteiger partial charge in [-0.15, -0.1) is 35.1 Å². The summed E-state index contributed by atoms with van der Waals surface area (Å²) in [6.07, 6.45) is 1.82. The Balaban J connectivity index is 0.00000147. The zero-order valence-corrected chi connectivity index (χ0v) is 13.2. The molecule has 20 heavy (non-hydrogen) atoms. The number of aromatic nitrogens is 1. The van der Waals surface area contributed by atoms with Gasteiger partial charge in [-0.1, -0.05) is 6.07 Å². The first kappa shape index (κ1) is 15.4. The van der Waals surface area contributed by atoms with Crippen molar-refractivity contribution >= 4 is 46.1 Å². The fourth-order valence-electron chi connectivity index (χ4n) is 2.16. The molecule has 1 fully saturated rings. The van der Waals surface area contributed by atoms with Gasteiger partial charge in [0.2, 0.25) is 5.91 Å². The molecule has 0 aromatic carbocycles. The minimum atomic E-state index is 0. The maximum Gasteiger partial charge on any atom is 0.229 e. The normalized spacial score (nSPS) is 15.6. The van der Waals surface area contributed by atoms with Gasteiger partial charge in [-0.3, -0.25) is 4.79 Å². The highest BCUT2D eigenvalue weighted by atomic mass is 35.5. The van der Waals surface area contributed by atoms with E-state index in [1.165, 1.54) is 11.3 Å². The Morgan fingerprint density at radius 1 is 1.35 bits per heavy atom. The van der Waals surface area contributed by atoms with E-state index in [9.17, 15) is 4.79 Å². The molecule has 2 N–H and O–H groups in total. The van der Waals surface area contributed by atoms with Crippen LogP contribution >= 0.6 is 35.1 Å². The van der Waals surface area contributed by atoms with Crippen molar-refractivity contribution in [2.75, 3.05) is 18.4 Å². The number of piperidine rings is 1. The second-order valence-electron chi connectivity index (χ2n) is 4.53. The molecule has 1 aliphatic heterocycles. The van der Waals surface area contributed by atoms with Crippen LogP contribution in [0.15, 0.2) is 22.9 Å². The lowest BCUT2D eigenvalue weighted by Crippen LogP contribution is -2.34. The second kappa shape index (κ2) is 7.17. The zero-order chi connectivity index (χ0) is 13.1. The summed E-state index contributed by atoms with van der Waals surface area (Å²) < 4.78 is 0. The number of carbonyl (C=O) groups excluding carboxylic acids is 1. The van der Waals surface area contributed by atoms with Crippen molar-refractivity contribution in [2.24, 2.45) is 5.92 Å². The van der Waals surface area contributed by atoms with Crippen LogP contribution < -0.4 is 10.6 Å². The number of nitrogens with zero attached hydrogens (tertiary/aromatic N) is 1. The Labute approximate surface area is 132 Å². The van der Waals surface area contributed by atoms with Crippen molar-refractivity contribution in [3.63, 3.8) is 0 Å². The summed E-state index contributed by atoms with van der Waals surface area (Å²) in [5.41, 5.74) is 0.945. The summed E-state index contributed by atoms with van der Waals surface area (Å²) >= 11 is 3.15. The first-order valence-corrected chi connectivity index (χ1v) is 8.10. The van der Waals surface area contributed by atoms with Gasteiger partial charge in [0.15, 0.2) is 5.13 Å². The topological polar surface area (TPSA) is 54.0 Å². The Hall–Kier alpha value is -0.950. The summed E-state index contributed by atoms with van der Waals surface area (Å²) in [5, 5.41) is 10.9. The Morgan fingerprint density at radius 3 is 2.85 bits per heavy atom. The van der Waals surface area contributed by atoms with Gasteiger partial charge in [0.05, 0.1) is 10.6 Å². The van der Waals surface area contributed by atoms with E-state index in [2.05, 4.69) is 15.6 Å². The zero-order valence-electron chi connectivity index (χ0n) is 10.8. The molecule has 4 nitrogen and oxygen atoms in total. The Kier molecular flexibility index (Phi) is 5.54. The number of anilines is 1. The molecular formula is C13H16ClN3OS2. The van der Waals surface area contributed by atoms with Crippen molar-refractivity contribution in [2.45, 2.75) is 12.8 Å². The number of hydrogen-bond donors (Lipinski definition) is 2. The molecule has 0 bridgehead atoms. The molecule has 7 heteroatoms. The highest BCUT2D eigenvalue weighted by Gasteiger charge is 2.21. The Morgan fingerprint density at radius 2 is 2.15 bits per heavy atom. The van der Waals surface area contributed by atoms with Crippen molar-refractivity contribution in [1.29, 1.82) is 0 Å². The van der Waals surface area contributed by atoms with Crippen LogP contribution in [0, 0.1) is 5.92 Å². The Bertz CT molecular complexity index is 550. The maximum atomic E-state index is 12.1. The first-order chi connectivity index (χ1) is 9.33. The third kappa shape index (κ3) is 3.58. The molecule has 1 saturated heterocycles. The van der Waals surface area contributed by atoms with Gasteiger partial charge in [-0.2, -0.15) is 0 Å². The lowest BCUT2D eigenvalue weighted by molar-refractivity contribution is -0.120. The molecule has 0 saturated carbocycles. The SMILES string of the molecule is Cl.O=C(Nc1nc(-c2cccs2)cs1)C1CCNCC1. The number of hydrogen-bond acceptors (Lipinski definition) is 5. The van der Waals surface area contributed by atoms with Crippen LogP contribution in [-0.2, 0) is 4.79 Å². The van der Waals surface area contributed by atoms with Crippen LogP contribution in [0.4, 0.5) is 5.13 Å². The predicted octanol–water partition coefficient (Wildman–Crippen LogP) is 3.23. The highest BCUT2D eigenvalue weighted by molar-refractivity contribution is 7.16. The molecule has 2 aromatic heterocycles. The van der Waals surface area contributed by atoms with Gasteiger partial charge in [0.1, 0.15) is 0 Å². The monoisotopic (exact) mass is 329 g/mol. The molecule has 0 spiro atoms. The first-order valence-electron chi connectivity index (χ1n) is 6.34. The van der Waals surface area contributed by atoms with Gasteiger partial charge in [0.25, 0.3) is 0 Å². The second-order valence-corrected chi connectivity index (χ2v) is 6.33. The third-order valence-corrected chi connectivity index (χ3v) is 4.87. The summed E-state index contributed by atoms with van der Waals surface area (Å²) in [6, 6.07) is 4.05. The van der Waals surface area contributed by atoms with Gasteiger partial charge < -0.3 is 10.6 Å². The van der Waals surface area contributed by atoms with Crippen LogP contribution in [0.5, 0.6) is 0 Å². The fourth-order valence-corrected chi connectivity index (χ4v) is 3.63. The van der Waals surface area contributed by atoms with Gasteiger partial charge in [0, 0.05) is 11.3 Å². The number of carbonyl (C=O) groups is 1. The predicted molar refractivity (Wildman–Crippen MR) is 86.9 cm³/mol. The van der Waals surface area contributed by atoms with Crippen LogP contribution in [0.2, 0.25) is 0 Å². The molecule has 0 aliphatic carbocycles. The van der Waals surface area contributed by atoms with E-state index in [1.807, 2.05) is 22.9 Å². The molecule has 3 rings (SSSR count). The van der Waals surface area contributed by atoms with E-state index in [-0.39, 0.29) is 24.2 Å². The van der Waals surface area contributed by atoms with E-state index in [1.54, 1.807) is 11.3 Å². The molecule has 0 atom stereocenters. The lowest BCUT2D eigenvalue weighted by atomic mass is 9.97.